The summed E-state index contributed by atoms with van der Waals surface area (Å²) in [7, 11) is 0. The summed E-state index contributed by atoms with van der Waals surface area (Å²) >= 11 is 0. The maximum atomic E-state index is 13.1. The van der Waals surface area contributed by atoms with E-state index in [1.807, 2.05) is 44.2 Å². The van der Waals surface area contributed by atoms with Crippen molar-refractivity contribution in [3.05, 3.63) is 47.2 Å². The first-order valence-electron chi connectivity index (χ1n) is 9.78. The van der Waals surface area contributed by atoms with Crippen LogP contribution in [0.3, 0.4) is 0 Å². The number of pyridine rings is 1. The first kappa shape index (κ1) is 21.3. The highest BCUT2D eigenvalue weighted by molar-refractivity contribution is 6.07. The Morgan fingerprint density at radius 2 is 1.90 bits per heavy atom. The number of piperidine rings is 1. The summed E-state index contributed by atoms with van der Waals surface area (Å²) in [4.78, 5) is 17.7. The fraction of sp³-hybridized carbons (Fsp3) is 0.409. The number of hydrogen-bond donors (Lipinski definition) is 2. The molecule has 1 aromatic carbocycles. The average molecular weight is 415 g/mol. The minimum Gasteiger partial charge on any atom is -0.351 e. The Labute approximate surface area is 176 Å². The smallest absolute Gasteiger partial charge is 0.259 e. The van der Waals surface area contributed by atoms with E-state index >= 15 is 0 Å². The van der Waals surface area contributed by atoms with Crippen LogP contribution in [0.2, 0.25) is 0 Å². The van der Waals surface area contributed by atoms with Crippen LogP contribution in [-0.2, 0) is 0 Å². The van der Waals surface area contributed by atoms with Gasteiger partial charge in [-0.25, -0.2) is 4.98 Å². The van der Waals surface area contributed by atoms with Crippen LogP contribution in [-0.4, -0.2) is 35.7 Å². The number of benzene rings is 1. The van der Waals surface area contributed by atoms with Gasteiger partial charge >= 0.3 is 0 Å². The Hall–Kier alpha value is -2.44. The Morgan fingerprint density at radius 3 is 2.59 bits per heavy atom. The average Bonchev–Trinajstić information content (AvgIpc) is 3.08. The molecule has 1 aliphatic rings. The molecule has 0 unspecified atom stereocenters. The van der Waals surface area contributed by atoms with Crippen LogP contribution in [0.4, 0.5) is 0 Å². The molecule has 0 bridgehead atoms. The van der Waals surface area contributed by atoms with Gasteiger partial charge in [0.15, 0.2) is 0 Å². The molecule has 154 valence electrons. The highest BCUT2D eigenvalue weighted by Gasteiger charge is 2.28. The molecular formula is C22H27ClN4O2. The summed E-state index contributed by atoms with van der Waals surface area (Å²) in [6.07, 6.45) is 2.11. The van der Waals surface area contributed by atoms with Gasteiger partial charge in [-0.2, -0.15) is 0 Å². The Kier molecular flexibility index (Phi) is 6.24. The number of amides is 1. The van der Waals surface area contributed by atoms with Gasteiger partial charge in [-0.3, -0.25) is 4.79 Å². The number of rotatable bonds is 4. The predicted molar refractivity (Wildman–Crippen MR) is 117 cm³/mol. The van der Waals surface area contributed by atoms with E-state index in [1.165, 1.54) is 5.56 Å². The number of fused-ring (bicyclic) bond motifs is 1. The lowest BCUT2D eigenvalue weighted by Crippen LogP contribution is -2.42. The van der Waals surface area contributed by atoms with E-state index in [2.05, 4.69) is 27.7 Å². The molecular weight excluding hydrogens is 388 g/mol. The summed E-state index contributed by atoms with van der Waals surface area (Å²) in [6, 6.07) is 9.92. The summed E-state index contributed by atoms with van der Waals surface area (Å²) in [5, 5.41) is 11.2. The molecule has 4 rings (SSSR count). The third kappa shape index (κ3) is 4.43. The molecule has 0 aliphatic carbocycles. The van der Waals surface area contributed by atoms with Crippen LogP contribution in [0.5, 0.6) is 0 Å². The van der Waals surface area contributed by atoms with Gasteiger partial charge in [-0.1, -0.05) is 41.9 Å². The molecule has 0 radical (unpaired) electrons. The summed E-state index contributed by atoms with van der Waals surface area (Å²) in [5.74, 6) is -0.105. The molecule has 29 heavy (non-hydrogen) atoms. The van der Waals surface area contributed by atoms with Gasteiger partial charge in [0, 0.05) is 12.1 Å². The number of halogens is 1. The number of carbonyl (C=O) groups excluding carboxylic acids is 1. The number of carbonyl (C=O) groups is 1. The van der Waals surface area contributed by atoms with E-state index < -0.39 is 0 Å². The van der Waals surface area contributed by atoms with E-state index in [-0.39, 0.29) is 23.7 Å². The molecule has 0 spiro atoms. The second-order valence-corrected chi connectivity index (χ2v) is 8.11. The van der Waals surface area contributed by atoms with E-state index in [0.29, 0.717) is 34.6 Å². The van der Waals surface area contributed by atoms with E-state index in [1.54, 1.807) is 0 Å². The molecule has 2 N–H and O–H groups in total. The van der Waals surface area contributed by atoms with Gasteiger partial charge in [-0.05, 0) is 51.3 Å². The van der Waals surface area contributed by atoms with Crippen molar-refractivity contribution in [3.8, 4) is 11.3 Å². The molecule has 2 aromatic heterocycles. The van der Waals surface area contributed by atoms with Crippen LogP contribution in [0.25, 0.3) is 22.4 Å². The zero-order valence-corrected chi connectivity index (χ0v) is 17.9. The van der Waals surface area contributed by atoms with Crippen molar-refractivity contribution in [2.75, 3.05) is 19.6 Å². The lowest BCUT2D eigenvalue weighted by atomic mass is 9.81. The first-order chi connectivity index (χ1) is 13.5. The Balaban J connectivity index is 0.00000240. The van der Waals surface area contributed by atoms with Crippen LogP contribution in [0.1, 0.15) is 41.4 Å². The summed E-state index contributed by atoms with van der Waals surface area (Å²) in [5.41, 5.74) is 4.59. The normalized spacial score (nSPS) is 15.7. The van der Waals surface area contributed by atoms with Crippen molar-refractivity contribution < 1.29 is 9.32 Å². The van der Waals surface area contributed by atoms with E-state index in [9.17, 15) is 4.79 Å². The maximum absolute atomic E-state index is 13.1. The second-order valence-electron chi connectivity index (χ2n) is 8.11. The Morgan fingerprint density at radius 1 is 1.21 bits per heavy atom. The van der Waals surface area contributed by atoms with Gasteiger partial charge in [0.2, 0.25) is 0 Å². The maximum Gasteiger partial charge on any atom is 0.259 e. The first-order valence-corrected chi connectivity index (χ1v) is 9.78. The lowest BCUT2D eigenvalue weighted by Gasteiger charge is -2.34. The zero-order chi connectivity index (χ0) is 19.7. The summed E-state index contributed by atoms with van der Waals surface area (Å²) < 4.78 is 5.39. The number of aromatic nitrogens is 2. The SMILES string of the molecule is Cc1ccc(-c2cc(C(=O)NCC3(C)CCNCC3)c3c(C)noc3n2)cc1.Cl. The third-order valence-corrected chi connectivity index (χ3v) is 5.70. The standard InChI is InChI=1S/C22H26N4O2.ClH/c1-14-4-6-16(7-5-14)18-12-17(19-15(2)26-28-21(19)25-18)20(27)24-13-22(3)8-10-23-11-9-22;/h4-7,12,23H,8-11,13H2,1-3H3,(H,24,27);1H. The molecule has 0 atom stereocenters. The van der Waals surface area contributed by atoms with Gasteiger partial charge in [0.1, 0.15) is 0 Å². The number of nitrogens with one attached hydrogen (secondary N) is 2. The molecule has 1 fully saturated rings. The molecule has 3 aromatic rings. The number of aryl methyl sites for hydroxylation is 2. The monoisotopic (exact) mass is 414 g/mol. The molecule has 0 saturated carbocycles. The molecule has 6 nitrogen and oxygen atoms in total. The summed E-state index contributed by atoms with van der Waals surface area (Å²) in [6.45, 7) is 8.76. The second kappa shape index (κ2) is 8.51. The quantitative estimate of drug-likeness (QED) is 0.673. The van der Waals surface area contributed by atoms with Crippen molar-refractivity contribution in [2.24, 2.45) is 5.41 Å². The van der Waals surface area contributed by atoms with Crippen molar-refractivity contribution in [1.82, 2.24) is 20.8 Å². The number of nitrogens with zero attached hydrogens (tertiary/aromatic N) is 2. The minimum absolute atomic E-state index is 0. The highest BCUT2D eigenvalue weighted by atomic mass is 35.5. The van der Waals surface area contributed by atoms with E-state index in [4.69, 9.17) is 4.52 Å². The van der Waals surface area contributed by atoms with Crippen molar-refractivity contribution in [1.29, 1.82) is 0 Å². The number of hydrogen-bond acceptors (Lipinski definition) is 5. The largest absolute Gasteiger partial charge is 0.351 e. The van der Waals surface area contributed by atoms with Crippen LogP contribution < -0.4 is 10.6 Å². The van der Waals surface area contributed by atoms with Crippen LogP contribution in [0.15, 0.2) is 34.9 Å². The molecule has 1 saturated heterocycles. The van der Waals surface area contributed by atoms with Gasteiger partial charge in [0.25, 0.3) is 11.6 Å². The minimum atomic E-state index is -0.105. The van der Waals surface area contributed by atoms with Gasteiger partial charge < -0.3 is 15.2 Å². The van der Waals surface area contributed by atoms with Crippen LogP contribution in [0, 0.1) is 19.3 Å². The molecule has 1 amide bonds. The molecule has 3 heterocycles. The van der Waals surface area contributed by atoms with Crippen molar-refractivity contribution >= 4 is 29.4 Å². The fourth-order valence-corrected chi connectivity index (χ4v) is 3.74. The predicted octanol–water partition coefficient (Wildman–Crippen LogP) is 4.05. The highest BCUT2D eigenvalue weighted by Crippen LogP contribution is 2.29. The molecule has 7 heteroatoms. The fourth-order valence-electron chi connectivity index (χ4n) is 3.74. The Bertz CT molecular complexity index is 1010. The lowest BCUT2D eigenvalue weighted by molar-refractivity contribution is 0.0924. The van der Waals surface area contributed by atoms with Crippen molar-refractivity contribution in [3.63, 3.8) is 0 Å². The topological polar surface area (TPSA) is 80.0 Å². The van der Waals surface area contributed by atoms with Crippen LogP contribution >= 0.6 is 12.4 Å². The van der Waals surface area contributed by atoms with E-state index in [0.717, 1.165) is 31.5 Å². The molecule has 1 aliphatic heterocycles. The third-order valence-electron chi connectivity index (χ3n) is 5.70. The van der Waals surface area contributed by atoms with Crippen molar-refractivity contribution in [2.45, 2.75) is 33.6 Å². The van der Waals surface area contributed by atoms with Gasteiger partial charge in [0.05, 0.1) is 22.3 Å². The van der Waals surface area contributed by atoms with Gasteiger partial charge in [-0.15, -0.1) is 12.4 Å². The zero-order valence-electron chi connectivity index (χ0n) is 17.0.